The molecule has 2 aromatic heterocycles. The van der Waals surface area contributed by atoms with E-state index < -0.39 is 24.2 Å². The summed E-state index contributed by atoms with van der Waals surface area (Å²) in [7, 11) is 0. The van der Waals surface area contributed by atoms with Gasteiger partial charge in [0.1, 0.15) is 0 Å². The Bertz CT molecular complexity index is 2450. The van der Waals surface area contributed by atoms with Crippen molar-refractivity contribution in [3.8, 4) is 22.5 Å². The van der Waals surface area contributed by atoms with Crippen molar-refractivity contribution in [3.63, 3.8) is 0 Å². The van der Waals surface area contributed by atoms with E-state index in [1.54, 1.807) is 10.6 Å². The summed E-state index contributed by atoms with van der Waals surface area (Å²) < 4.78 is 72.2. The number of aromatic nitrogens is 2. The van der Waals surface area contributed by atoms with Crippen molar-refractivity contribution in [2.45, 2.75) is 0 Å². The molecule has 8 aromatic rings. The first-order valence-electron chi connectivity index (χ1n) is 16.4. The van der Waals surface area contributed by atoms with Crippen LogP contribution in [0.4, 0.5) is 0 Å². The van der Waals surface area contributed by atoms with Crippen molar-refractivity contribution in [3.05, 3.63) is 145 Å². The lowest BCUT2D eigenvalue weighted by Gasteiger charge is -2.12. The highest BCUT2D eigenvalue weighted by Crippen LogP contribution is 2.35. The van der Waals surface area contributed by atoms with E-state index >= 15 is 0 Å². The lowest BCUT2D eigenvalue weighted by Crippen LogP contribution is -1.95. The van der Waals surface area contributed by atoms with Gasteiger partial charge in [-0.15, -0.1) is 0 Å². The normalized spacial score (nSPS) is 14.6. The average molecular weight is 493 g/mol. The van der Waals surface area contributed by atoms with Crippen LogP contribution < -0.4 is 0 Å². The van der Waals surface area contributed by atoms with Gasteiger partial charge < -0.3 is 9.13 Å². The highest BCUT2D eigenvalue weighted by Gasteiger charge is 2.14. The third-order valence-corrected chi connectivity index (χ3v) is 7.15. The van der Waals surface area contributed by atoms with Crippen LogP contribution in [0.2, 0.25) is 0 Å². The maximum Gasteiger partial charge on any atom is 0.0645 e. The Morgan fingerprint density at radius 3 is 1.37 bits per heavy atom. The Kier molecular flexibility index (Phi) is 3.16. The second-order valence-corrected chi connectivity index (χ2v) is 9.25. The van der Waals surface area contributed by atoms with E-state index in [1.165, 1.54) is 0 Å². The van der Waals surface area contributed by atoms with Crippen LogP contribution in [0.5, 0.6) is 0 Å². The first-order chi connectivity index (χ1) is 22.2. The van der Waals surface area contributed by atoms with Crippen LogP contribution in [-0.2, 0) is 0 Å². The van der Waals surface area contributed by atoms with E-state index in [2.05, 4.69) is 41.0 Å². The second kappa shape index (κ2) is 8.22. The fraction of sp³-hybridized carbons (Fsp3) is 0. The van der Waals surface area contributed by atoms with E-state index in [4.69, 9.17) is 11.0 Å². The van der Waals surface area contributed by atoms with E-state index in [-0.39, 0.29) is 46.0 Å². The van der Waals surface area contributed by atoms with Crippen molar-refractivity contribution in [2.75, 3.05) is 0 Å². The van der Waals surface area contributed by atoms with Crippen LogP contribution in [0.1, 0.15) is 11.0 Å². The van der Waals surface area contributed by atoms with E-state index in [9.17, 15) is 0 Å². The molecule has 0 aliphatic carbocycles. The third-order valence-electron chi connectivity index (χ3n) is 7.15. The molecular weight excluding hydrogens is 460 g/mol. The zero-order valence-corrected chi connectivity index (χ0v) is 20.1. The smallest absolute Gasteiger partial charge is 0.0645 e. The summed E-state index contributed by atoms with van der Waals surface area (Å²) >= 11 is 0. The molecule has 2 heterocycles. The van der Waals surface area contributed by atoms with Crippen LogP contribution in [0.3, 0.4) is 0 Å². The molecule has 38 heavy (non-hydrogen) atoms. The quantitative estimate of drug-likeness (QED) is 0.232. The standard InChI is InChI=1S/C36H24N2/c1-5-19-33-29(15-1)30-16-2-6-20-34(30)37(33)27-13-9-11-25(23-27)26-12-10-14-28(24-26)38-35-21-7-3-17-31(35)32-18-4-8-22-36(32)38/h1-24H/i1D,2D,5D,6D,15D,16D,19D,20D. The zero-order valence-electron chi connectivity index (χ0n) is 28.1. The molecule has 0 bridgehead atoms. The molecule has 0 saturated heterocycles. The molecule has 178 valence electrons. The summed E-state index contributed by atoms with van der Waals surface area (Å²) in [5, 5.41) is 2.44. The van der Waals surface area contributed by atoms with Crippen molar-refractivity contribution < 1.29 is 11.0 Å². The summed E-state index contributed by atoms with van der Waals surface area (Å²) in [5.74, 6) is 0. The van der Waals surface area contributed by atoms with E-state index in [0.717, 1.165) is 38.6 Å². The van der Waals surface area contributed by atoms with Gasteiger partial charge >= 0.3 is 0 Å². The summed E-state index contributed by atoms with van der Waals surface area (Å²) in [6.07, 6.45) is 0. The Morgan fingerprint density at radius 1 is 0.395 bits per heavy atom. The fourth-order valence-corrected chi connectivity index (χ4v) is 5.53. The zero-order chi connectivity index (χ0) is 32.0. The molecule has 0 fully saturated rings. The number of rotatable bonds is 3. The molecule has 2 nitrogen and oxygen atoms in total. The van der Waals surface area contributed by atoms with Gasteiger partial charge in [-0.25, -0.2) is 0 Å². The minimum atomic E-state index is -0.459. The first-order valence-corrected chi connectivity index (χ1v) is 12.4. The van der Waals surface area contributed by atoms with Gasteiger partial charge in [-0.1, -0.05) is 96.9 Å². The number of nitrogens with zero attached hydrogens (tertiary/aromatic N) is 2. The van der Waals surface area contributed by atoms with E-state index in [0.29, 0.717) is 5.69 Å². The molecule has 0 N–H and O–H groups in total. The van der Waals surface area contributed by atoms with Crippen LogP contribution in [0.15, 0.2) is 145 Å². The van der Waals surface area contributed by atoms with Crippen LogP contribution in [0, 0.1) is 0 Å². The largest absolute Gasteiger partial charge is 0.309 e. The molecule has 8 rings (SSSR count). The third kappa shape index (κ3) is 3.07. The number of benzene rings is 6. The predicted octanol–water partition coefficient (Wildman–Crippen LogP) is 9.55. The lowest BCUT2D eigenvalue weighted by atomic mass is 10.0. The van der Waals surface area contributed by atoms with Crippen LogP contribution in [-0.4, -0.2) is 9.13 Å². The topological polar surface area (TPSA) is 9.86 Å². The van der Waals surface area contributed by atoms with Crippen LogP contribution in [0.25, 0.3) is 66.1 Å². The maximum absolute atomic E-state index is 8.82. The van der Waals surface area contributed by atoms with E-state index in [1.807, 2.05) is 54.6 Å². The van der Waals surface area contributed by atoms with Crippen molar-refractivity contribution >= 4 is 43.6 Å². The molecule has 0 atom stereocenters. The van der Waals surface area contributed by atoms with Gasteiger partial charge in [0.05, 0.1) is 33.0 Å². The SMILES string of the molecule is [2H]c1c([2H])c([2H])c2c(c1[2H])c1c([2H])c([2H])c([2H])c([2H])c1n2-c1cccc(-c2cccc(-n3c4ccccc4c4ccccc43)c2)c1. The first kappa shape index (κ1) is 14.6. The average Bonchev–Trinajstić information content (AvgIpc) is 3.62. The molecular formula is C36H24N2. The van der Waals surface area contributed by atoms with Crippen molar-refractivity contribution in [1.82, 2.24) is 9.13 Å². The van der Waals surface area contributed by atoms with Gasteiger partial charge in [-0.2, -0.15) is 0 Å². The molecule has 0 aliphatic rings. The second-order valence-electron chi connectivity index (χ2n) is 9.25. The maximum atomic E-state index is 8.82. The highest BCUT2D eigenvalue weighted by atomic mass is 15.0. The molecule has 0 saturated carbocycles. The molecule has 2 heteroatoms. The lowest BCUT2D eigenvalue weighted by molar-refractivity contribution is 1.17. The molecule has 0 radical (unpaired) electrons. The number of hydrogen-bond donors (Lipinski definition) is 0. The van der Waals surface area contributed by atoms with Gasteiger partial charge in [-0.05, 0) is 59.6 Å². The molecule has 0 spiro atoms. The monoisotopic (exact) mass is 492 g/mol. The van der Waals surface area contributed by atoms with Gasteiger partial charge in [0.15, 0.2) is 0 Å². The summed E-state index contributed by atoms with van der Waals surface area (Å²) in [5.41, 5.74) is 5.59. The molecule has 0 aliphatic heterocycles. The highest BCUT2D eigenvalue weighted by molar-refractivity contribution is 6.10. The van der Waals surface area contributed by atoms with Crippen LogP contribution >= 0.6 is 0 Å². The minimum Gasteiger partial charge on any atom is -0.309 e. The van der Waals surface area contributed by atoms with Gasteiger partial charge in [0.25, 0.3) is 0 Å². The summed E-state index contributed by atoms with van der Waals surface area (Å²) in [6.45, 7) is 0. The minimum absolute atomic E-state index is 0.0618. The Morgan fingerprint density at radius 2 is 0.842 bits per heavy atom. The number of hydrogen-bond acceptors (Lipinski definition) is 0. The van der Waals surface area contributed by atoms with Crippen molar-refractivity contribution in [1.29, 1.82) is 0 Å². The molecule has 0 unspecified atom stereocenters. The van der Waals surface area contributed by atoms with Crippen molar-refractivity contribution in [2.24, 2.45) is 0 Å². The van der Waals surface area contributed by atoms with Gasteiger partial charge in [-0.3, -0.25) is 0 Å². The summed E-state index contributed by atoms with van der Waals surface area (Å²) in [6, 6.07) is 29.1. The Labute approximate surface area is 231 Å². The predicted molar refractivity (Wildman–Crippen MR) is 161 cm³/mol. The molecule has 6 aromatic carbocycles. The van der Waals surface area contributed by atoms with Gasteiger partial charge in [0, 0.05) is 32.9 Å². The number of fused-ring (bicyclic) bond motifs is 6. The number of para-hydroxylation sites is 4. The fourth-order valence-electron chi connectivity index (χ4n) is 5.53. The Hall–Kier alpha value is -5.08. The summed E-state index contributed by atoms with van der Waals surface area (Å²) in [4.78, 5) is 0. The Balaban J connectivity index is 1.39. The van der Waals surface area contributed by atoms with Gasteiger partial charge in [0.2, 0.25) is 0 Å². The molecule has 0 amide bonds.